The zero-order valence-electron chi connectivity index (χ0n) is 11.2. The van der Waals surface area contributed by atoms with E-state index in [2.05, 4.69) is 0 Å². The monoisotopic (exact) mass is 284 g/mol. The van der Waals surface area contributed by atoms with E-state index in [4.69, 9.17) is 14.3 Å². The number of ether oxygens (including phenoxy) is 1. The first-order valence-corrected chi connectivity index (χ1v) is 6.41. The van der Waals surface area contributed by atoms with E-state index in [1.54, 1.807) is 36.4 Å². The summed E-state index contributed by atoms with van der Waals surface area (Å²) in [5.41, 5.74) is 0.789. The molecule has 0 saturated heterocycles. The Morgan fingerprint density at radius 3 is 2.62 bits per heavy atom. The summed E-state index contributed by atoms with van der Waals surface area (Å²) in [4.78, 5) is 23.2. The minimum Gasteiger partial charge on any atom is -0.479 e. The second-order valence-corrected chi connectivity index (χ2v) is 4.68. The van der Waals surface area contributed by atoms with E-state index in [0.717, 1.165) is 0 Å². The largest absolute Gasteiger partial charge is 0.479 e. The van der Waals surface area contributed by atoms with Crippen molar-refractivity contribution >= 4 is 27.9 Å². The first-order chi connectivity index (χ1) is 10.1. The normalized spacial score (nSPS) is 12.4. The molecule has 1 aromatic heterocycles. The first kappa shape index (κ1) is 13.2. The Balaban J connectivity index is 2.17. The molecule has 1 atom stereocenters. The van der Waals surface area contributed by atoms with Gasteiger partial charge in [-0.25, -0.2) is 4.79 Å². The highest BCUT2D eigenvalue weighted by Gasteiger charge is 2.14. The highest BCUT2D eigenvalue weighted by molar-refractivity contribution is 5.90. The number of carbonyl (C=O) groups is 1. The number of para-hydroxylation sites is 1. The summed E-state index contributed by atoms with van der Waals surface area (Å²) in [5, 5.41) is 9.69. The fraction of sp³-hybridized carbons (Fsp3) is 0.125. The van der Waals surface area contributed by atoms with Gasteiger partial charge in [-0.1, -0.05) is 12.1 Å². The average Bonchev–Trinajstić information content (AvgIpc) is 2.48. The highest BCUT2D eigenvalue weighted by Crippen LogP contribution is 2.23. The van der Waals surface area contributed by atoms with Crippen molar-refractivity contribution in [1.82, 2.24) is 0 Å². The maximum absolute atomic E-state index is 12.4. The number of carboxylic acid groups (broad SMARTS) is 1. The number of aliphatic carboxylic acids is 1. The average molecular weight is 284 g/mol. The molecule has 3 aromatic rings. The molecule has 21 heavy (non-hydrogen) atoms. The third-order valence-corrected chi connectivity index (χ3v) is 3.21. The van der Waals surface area contributed by atoms with Crippen LogP contribution in [0.15, 0.2) is 51.7 Å². The van der Waals surface area contributed by atoms with Crippen molar-refractivity contribution in [1.29, 1.82) is 0 Å². The van der Waals surface area contributed by atoms with Crippen molar-refractivity contribution in [2.24, 2.45) is 0 Å². The van der Waals surface area contributed by atoms with Crippen LogP contribution in [-0.4, -0.2) is 17.2 Å². The van der Waals surface area contributed by atoms with E-state index in [9.17, 15) is 9.59 Å². The molecular weight excluding hydrogens is 272 g/mol. The molecule has 0 aliphatic rings. The summed E-state index contributed by atoms with van der Waals surface area (Å²) >= 11 is 0. The molecule has 0 aliphatic carbocycles. The lowest BCUT2D eigenvalue weighted by atomic mass is 10.1. The van der Waals surface area contributed by atoms with Gasteiger partial charge in [-0.05, 0) is 37.3 Å². The lowest BCUT2D eigenvalue weighted by Gasteiger charge is -2.10. The lowest BCUT2D eigenvalue weighted by Crippen LogP contribution is -2.22. The van der Waals surface area contributed by atoms with Gasteiger partial charge in [0, 0.05) is 0 Å². The molecule has 5 nitrogen and oxygen atoms in total. The van der Waals surface area contributed by atoms with E-state index in [1.165, 1.54) is 13.0 Å². The third kappa shape index (κ3) is 2.33. The summed E-state index contributed by atoms with van der Waals surface area (Å²) in [6.07, 6.45) is -0.991. The Hall–Kier alpha value is -2.82. The van der Waals surface area contributed by atoms with Gasteiger partial charge in [-0.2, -0.15) is 0 Å². The van der Waals surface area contributed by atoms with Gasteiger partial charge in [0.1, 0.15) is 16.9 Å². The van der Waals surface area contributed by atoms with Crippen molar-refractivity contribution in [2.75, 3.05) is 0 Å². The van der Waals surface area contributed by atoms with Crippen LogP contribution >= 0.6 is 0 Å². The molecule has 106 valence electrons. The van der Waals surface area contributed by atoms with Crippen molar-refractivity contribution in [2.45, 2.75) is 13.0 Å². The Labute approximate surface area is 119 Å². The lowest BCUT2D eigenvalue weighted by molar-refractivity contribution is -0.144. The number of hydrogen-bond acceptors (Lipinski definition) is 4. The quantitative estimate of drug-likeness (QED) is 0.748. The van der Waals surface area contributed by atoms with Gasteiger partial charge >= 0.3 is 5.97 Å². The van der Waals surface area contributed by atoms with Gasteiger partial charge < -0.3 is 14.3 Å². The van der Waals surface area contributed by atoms with Crippen LogP contribution in [0.4, 0.5) is 0 Å². The standard InChI is InChI=1S/C16H12O5/c1-9(16(18)19)20-10-6-7-14-12(8-10)15(17)11-4-2-3-5-13(11)21-14/h2-9H,1H3,(H,18,19). The molecule has 0 radical (unpaired) electrons. The molecule has 0 fully saturated rings. The molecule has 5 heteroatoms. The summed E-state index contributed by atoms with van der Waals surface area (Å²) in [6, 6.07) is 11.7. The second kappa shape index (κ2) is 4.94. The molecule has 1 unspecified atom stereocenters. The van der Waals surface area contributed by atoms with Crippen LogP contribution < -0.4 is 10.2 Å². The van der Waals surface area contributed by atoms with Crippen LogP contribution in [0.5, 0.6) is 5.75 Å². The van der Waals surface area contributed by atoms with E-state index < -0.39 is 12.1 Å². The summed E-state index contributed by atoms with van der Waals surface area (Å²) in [5.74, 6) is -0.749. The number of benzene rings is 2. The fourth-order valence-corrected chi connectivity index (χ4v) is 2.11. The topological polar surface area (TPSA) is 76.7 Å². The number of rotatable bonds is 3. The van der Waals surface area contributed by atoms with Gasteiger partial charge in [0.2, 0.25) is 5.43 Å². The van der Waals surface area contributed by atoms with Gasteiger partial charge in [-0.3, -0.25) is 4.79 Å². The fourth-order valence-electron chi connectivity index (χ4n) is 2.11. The molecular formula is C16H12O5. The maximum Gasteiger partial charge on any atom is 0.344 e. The number of carboxylic acids is 1. The molecule has 0 aliphatic heterocycles. The summed E-state index contributed by atoms with van der Waals surface area (Å²) < 4.78 is 10.9. The highest BCUT2D eigenvalue weighted by atomic mass is 16.5. The van der Waals surface area contributed by atoms with Crippen LogP contribution in [0.3, 0.4) is 0 Å². The Morgan fingerprint density at radius 2 is 1.86 bits per heavy atom. The molecule has 3 rings (SSSR count). The maximum atomic E-state index is 12.4. The Kier molecular flexibility index (Phi) is 3.10. The van der Waals surface area contributed by atoms with Crippen LogP contribution in [0.2, 0.25) is 0 Å². The number of hydrogen-bond donors (Lipinski definition) is 1. The molecule has 0 amide bonds. The van der Waals surface area contributed by atoms with E-state index in [0.29, 0.717) is 27.7 Å². The molecule has 0 bridgehead atoms. The molecule has 0 spiro atoms. The summed E-state index contributed by atoms with van der Waals surface area (Å²) in [7, 11) is 0. The van der Waals surface area contributed by atoms with Gasteiger partial charge in [0.15, 0.2) is 6.10 Å². The zero-order chi connectivity index (χ0) is 15.0. The SMILES string of the molecule is CC(Oc1ccc2oc3ccccc3c(=O)c2c1)C(=O)O. The Bertz CT molecular complexity index is 894. The van der Waals surface area contributed by atoms with Gasteiger partial charge in [-0.15, -0.1) is 0 Å². The smallest absolute Gasteiger partial charge is 0.344 e. The minimum atomic E-state index is -1.07. The van der Waals surface area contributed by atoms with Crippen LogP contribution in [0.25, 0.3) is 21.9 Å². The van der Waals surface area contributed by atoms with Gasteiger partial charge in [0.05, 0.1) is 10.8 Å². The third-order valence-electron chi connectivity index (χ3n) is 3.21. The zero-order valence-corrected chi connectivity index (χ0v) is 11.2. The van der Waals surface area contributed by atoms with E-state index in [1.807, 2.05) is 0 Å². The van der Waals surface area contributed by atoms with E-state index >= 15 is 0 Å². The molecule has 1 heterocycles. The molecule has 1 N–H and O–H groups in total. The van der Waals surface area contributed by atoms with Gasteiger partial charge in [0.25, 0.3) is 0 Å². The molecule has 2 aromatic carbocycles. The Morgan fingerprint density at radius 1 is 1.14 bits per heavy atom. The van der Waals surface area contributed by atoms with Crippen molar-refractivity contribution in [3.05, 3.63) is 52.7 Å². The number of fused-ring (bicyclic) bond motifs is 2. The predicted molar refractivity (Wildman–Crippen MR) is 77.7 cm³/mol. The van der Waals surface area contributed by atoms with Crippen molar-refractivity contribution in [3.63, 3.8) is 0 Å². The second-order valence-electron chi connectivity index (χ2n) is 4.68. The minimum absolute atomic E-state index is 0.166. The van der Waals surface area contributed by atoms with E-state index in [-0.39, 0.29) is 5.43 Å². The first-order valence-electron chi connectivity index (χ1n) is 6.41. The summed E-state index contributed by atoms with van der Waals surface area (Å²) in [6.45, 7) is 1.43. The molecule has 0 saturated carbocycles. The van der Waals surface area contributed by atoms with Crippen LogP contribution in [0.1, 0.15) is 6.92 Å². The van der Waals surface area contributed by atoms with Crippen LogP contribution in [-0.2, 0) is 4.79 Å². The van der Waals surface area contributed by atoms with Crippen LogP contribution in [0, 0.1) is 0 Å². The predicted octanol–water partition coefficient (Wildman–Crippen LogP) is 2.80. The van der Waals surface area contributed by atoms with Crippen molar-refractivity contribution in [3.8, 4) is 5.75 Å². The van der Waals surface area contributed by atoms with Crippen molar-refractivity contribution < 1.29 is 19.1 Å².